The molecule has 8 nitrogen and oxygen atoms in total. The molecule has 3 heterocycles. The summed E-state index contributed by atoms with van der Waals surface area (Å²) in [5, 5.41) is 8.77. The van der Waals surface area contributed by atoms with E-state index in [1.54, 1.807) is 15.7 Å². The summed E-state index contributed by atoms with van der Waals surface area (Å²) in [4.78, 5) is 8.66. The number of aromatic nitrogens is 6. The first-order chi connectivity index (χ1) is 12.1. The van der Waals surface area contributed by atoms with Crippen molar-refractivity contribution in [3.05, 3.63) is 42.7 Å². The zero-order valence-electron chi connectivity index (χ0n) is 13.8. The molecule has 0 aliphatic carbocycles. The predicted octanol–water partition coefficient (Wildman–Crippen LogP) is 1.45. The molecule has 130 valence electrons. The zero-order valence-corrected chi connectivity index (χ0v) is 14.6. The predicted molar refractivity (Wildman–Crippen MR) is 92.1 cm³/mol. The molecule has 3 aromatic rings. The Hall–Kier alpha value is -2.55. The van der Waals surface area contributed by atoms with E-state index in [4.69, 9.17) is 0 Å². The van der Waals surface area contributed by atoms with Crippen LogP contribution in [0.4, 0.5) is 0 Å². The van der Waals surface area contributed by atoms with Gasteiger partial charge in [-0.2, -0.15) is 10.2 Å². The summed E-state index contributed by atoms with van der Waals surface area (Å²) < 4.78 is 27.3. The Morgan fingerprint density at radius 1 is 1.28 bits per heavy atom. The molecule has 4 rings (SSSR count). The highest BCUT2D eigenvalue weighted by Gasteiger charge is 2.32. The van der Waals surface area contributed by atoms with Gasteiger partial charge in [0.15, 0.2) is 21.5 Å². The van der Waals surface area contributed by atoms with Crippen LogP contribution >= 0.6 is 0 Å². The number of sulfone groups is 1. The van der Waals surface area contributed by atoms with Gasteiger partial charge in [-0.15, -0.1) is 0 Å². The van der Waals surface area contributed by atoms with Gasteiger partial charge in [-0.25, -0.2) is 27.7 Å². The zero-order chi connectivity index (χ0) is 17.4. The van der Waals surface area contributed by atoms with E-state index in [1.807, 2.05) is 31.2 Å². The average molecular weight is 358 g/mol. The first-order valence-electron chi connectivity index (χ1n) is 8.17. The van der Waals surface area contributed by atoms with Crippen LogP contribution < -0.4 is 0 Å². The lowest BCUT2D eigenvalue weighted by molar-refractivity contribution is 0.500. The van der Waals surface area contributed by atoms with Crippen molar-refractivity contribution in [2.75, 3.05) is 11.5 Å². The second-order valence-corrected chi connectivity index (χ2v) is 8.29. The highest BCUT2D eigenvalue weighted by atomic mass is 32.2. The van der Waals surface area contributed by atoms with Crippen LogP contribution in [0.15, 0.2) is 36.9 Å². The maximum absolute atomic E-state index is 11.9. The van der Waals surface area contributed by atoms with E-state index in [-0.39, 0.29) is 17.5 Å². The smallest absolute Gasteiger partial charge is 0.160 e. The van der Waals surface area contributed by atoms with Crippen molar-refractivity contribution in [3.8, 4) is 17.1 Å². The fourth-order valence-electron chi connectivity index (χ4n) is 3.12. The van der Waals surface area contributed by atoms with E-state index < -0.39 is 9.84 Å². The van der Waals surface area contributed by atoms with Gasteiger partial charge in [0.05, 0.1) is 23.2 Å². The minimum atomic E-state index is -3.01. The first kappa shape index (κ1) is 15.9. The highest BCUT2D eigenvalue weighted by Crippen LogP contribution is 2.31. The van der Waals surface area contributed by atoms with Crippen molar-refractivity contribution >= 4 is 9.84 Å². The van der Waals surface area contributed by atoms with Gasteiger partial charge >= 0.3 is 0 Å². The summed E-state index contributed by atoms with van der Waals surface area (Å²) in [7, 11) is -3.01. The molecular weight excluding hydrogens is 340 g/mol. The topological polar surface area (TPSA) is 95.6 Å². The number of benzene rings is 1. The summed E-state index contributed by atoms with van der Waals surface area (Å²) in [6.07, 6.45) is 4.35. The Morgan fingerprint density at radius 2 is 2.12 bits per heavy atom. The molecule has 0 N–H and O–H groups in total. The van der Waals surface area contributed by atoms with E-state index in [0.29, 0.717) is 24.5 Å². The number of para-hydroxylation sites is 1. The first-order valence-corrected chi connectivity index (χ1v) is 10.00. The molecule has 1 aliphatic heterocycles. The SMILES string of the molecule is CCc1nc(-c2ccccc2-n2cncn2)n([C@@H]2CCS(=O)(=O)C2)n1. The molecule has 0 bridgehead atoms. The molecule has 1 fully saturated rings. The maximum atomic E-state index is 11.9. The van der Waals surface area contributed by atoms with Crippen LogP contribution in [-0.4, -0.2) is 49.5 Å². The maximum Gasteiger partial charge on any atom is 0.160 e. The Labute approximate surface area is 145 Å². The molecule has 0 spiro atoms. The molecule has 1 aromatic carbocycles. The van der Waals surface area contributed by atoms with Gasteiger partial charge in [0, 0.05) is 12.0 Å². The van der Waals surface area contributed by atoms with E-state index in [9.17, 15) is 8.42 Å². The second kappa shape index (κ2) is 6.07. The molecule has 1 aliphatic rings. The van der Waals surface area contributed by atoms with Crippen LogP contribution in [0.2, 0.25) is 0 Å². The van der Waals surface area contributed by atoms with Gasteiger partial charge < -0.3 is 0 Å². The third kappa shape index (κ3) is 2.95. The molecular formula is C16H18N6O2S. The van der Waals surface area contributed by atoms with Gasteiger partial charge in [0.25, 0.3) is 0 Å². The summed E-state index contributed by atoms with van der Waals surface area (Å²) in [5.74, 6) is 1.68. The number of rotatable bonds is 4. The molecule has 0 amide bonds. The van der Waals surface area contributed by atoms with Crippen molar-refractivity contribution in [2.24, 2.45) is 0 Å². The van der Waals surface area contributed by atoms with Crippen molar-refractivity contribution in [3.63, 3.8) is 0 Å². The van der Waals surface area contributed by atoms with Gasteiger partial charge in [-0.05, 0) is 18.6 Å². The van der Waals surface area contributed by atoms with Gasteiger partial charge in [-0.1, -0.05) is 19.1 Å². The van der Waals surface area contributed by atoms with Crippen molar-refractivity contribution < 1.29 is 8.42 Å². The fraction of sp³-hybridized carbons (Fsp3) is 0.375. The number of nitrogens with zero attached hydrogens (tertiary/aromatic N) is 6. The van der Waals surface area contributed by atoms with E-state index >= 15 is 0 Å². The van der Waals surface area contributed by atoms with Crippen molar-refractivity contribution in [2.45, 2.75) is 25.8 Å². The number of aryl methyl sites for hydroxylation is 1. The number of hydrogen-bond donors (Lipinski definition) is 0. The van der Waals surface area contributed by atoms with Crippen LogP contribution in [-0.2, 0) is 16.3 Å². The van der Waals surface area contributed by atoms with Crippen LogP contribution in [0.25, 0.3) is 17.1 Å². The monoisotopic (exact) mass is 358 g/mol. The van der Waals surface area contributed by atoms with Gasteiger partial charge in [-0.3, -0.25) is 0 Å². The Balaban J connectivity index is 1.86. The third-order valence-electron chi connectivity index (χ3n) is 4.36. The Bertz CT molecular complexity index is 994. The van der Waals surface area contributed by atoms with Crippen LogP contribution in [0.5, 0.6) is 0 Å². The van der Waals surface area contributed by atoms with E-state index in [1.165, 1.54) is 6.33 Å². The lowest BCUT2D eigenvalue weighted by Gasteiger charge is -2.14. The molecule has 2 aromatic heterocycles. The van der Waals surface area contributed by atoms with Crippen LogP contribution in [0, 0.1) is 0 Å². The van der Waals surface area contributed by atoms with Crippen molar-refractivity contribution in [1.82, 2.24) is 29.5 Å². The quantitative estimate of drug-likeness (QED) is 0.700. The molecule has 9 heteroatoms. The summed E-state index contributed by atoms with van der Waals surface area (Å²) in [6.45, 7) is 1.98. The number of hydrogen-bond acceptors (Lipinski definition) is 6. The Morgan fingerprint density at radius 3 is 2.80 bits per heavy atom. The van der Waals surface area contributed by atoms with Gasteiger partial charge in [0.2, 0.25) is 0 Å². The largest absolute Gasteiger partial charge is 0.241 e. The normalized spacial score (nSPS) is 19.3. The van der Waals surface area contributed by atoms with Crippen LogP contribution in [0.3, 0.4) is 0 Å². The summed E-state index contributed by atoms with van der Waals surface area (Å²) in [6, 6.07) is 7.53. The van der Waals surface area contributed by atoms with E-state index in [2.05, 4.69) is 20.2 Å². The lowest BCUT2D eigenvalue weighted by atomic mass is 10.1. The molecule has 25 heavy (non-hydrogen) atoms. The molecule has 0 radical (unpaired) electrons. The summed E-state index contributed by atoms with van der Waals surface area (Å²) in [5.41, 5.74) is 1.68. The standard InChI is InChI=1S/C16H18N6O2S/c1-2-15-19-16(22(20-15)12-7-8-25(23,24)9-12)13-5-3-4-6-14(13)21-11-17-10-18-21/h3-6,10-12H,2,7-9H2,1H3/t12-/m1/s1. The minimum absolute atomic E-state index is 0.109. The summed E-state index contributed by atoms with van der Waals surface area (Å²) >= 11 is 0. The minimum Gasteiger partial charge on any atom is -0.241 e. The van der Waals surface area contributed by atoms with E-state index in [0.717, 1.165) is 11.3 Å². The molecule has 1 atom stereocenters. The molecule has 0 unspecified atom stereocenters. The van der Waals surface area contributed by atoms with Crippen molar-refractivity contribution in [1.29, 1.82) is 0 Å². The molecule has 0 saturated carbocycles. The average Bonchev–Trinajstić information content (AvgIpc) is 3.33. The molecule has 1 saturated heterocycles. The Kier molecular flexibility index (Phi) is 3.87. The second-order valence-electron chi connectivity index (χ2n) is 6.06. The lowest BCUT2D eigenvalue weighted by Crippen LogP contribution is -2.14. The fourth-order valence-corrected chi connectivity index (χ4v) is 4.81. The highest BCUT2D eigenvalue weighted by molar-refractivity contribution is 7.91. The van der Waals surface area contributed by atoms with Crippen LogP contribution in [0.1, 0.15) is 25.2 Å². The third-order valence-corrected chi connectivity index (χ3v) is 6.11. The van der Waals surface area contributed by atoms with Gasteiger partial charge in [0.1, 0.15) is 12.7 Å².